The molecule has 0 spiro atoms. The molecule has 0 radical (unpaired) electrons. The Morgan fingerprint density at radius 1 is 1.06 bits per heavy atom. The number of rotatable bonds is 2. The monoisotopic (exact) mass is 259 g/mol. The van der Waals surface area contributed by atoms with Crippen LogP contribution in [0, 0.1) is 0 Å². The van der Waals surface area contributed by atoms with Crippen molar-refractivity contribution in [2.75, 3.05) is 0 Å². The van der Waals surface area contributed by atoms with Crippen LogP contribution in [0.5, 0.6) is 0 Å². The van der Waals surface area contributed by atoms with Crippen molar-refractivity contribution in [2.24, 2.45) is 5.73 Å². The SMILES string of the molecule is N[C@@H](c1ccccc1Cl)C(F)(F)C(F)(F)F. The maximum absolute atomic E-state index is 12.9. The van der Waals surface area contributed by atoms with Gasteiger partial charge in [0, 0.05) is 5.02 Å². The standard InChI is InChI=1S/C9H7ClF5N/c10-6-4-2-1-3-5(6)7(16)8(11,12)9(13,14)15/h1-4,7H,16H2/t7-/m0/s1. The number of halogens is 6. The van der Waals surface area contributed by atoms with Gasteiger partial charge in [-0.25, -0.2) is 0 Å². The van der Waals surface area contributed by atoms with E-state index in [1.165, 1.54) is 18.2 Å². The normalized spacial score (nSPS) is 14.9. The first-order valence-electron chi connectivity index (χ1n) is 4.12. The molecule has 0 aliphatic carbocycles. The third kappa shape index (κ3) is 2.27. The molecule has 0 saturated carbocycles. The van der Waals surface area contributed by atoms with E-state index in [-0.39, 0.29) is 5.02 Å². The molecule has 0 fully saturated rings. The van der Waals surface area contributed by atoms with Crippen molar-refractivity contribution in [3.05, 3.63) is 34.9 Å². The summed E-state index contributed by atoms with van der Waals surface area (Å²) < 4.78 is 61.8. The second kappa shape index (κ2) is 4.18. The van der Waals surface area contributed by atoms with Gasteiger partial charge in [0.05, 0.1) is 0 Å². The Balaban J connectivity index is 3.12. The molecule has 1 nitrogen and oxygen atoms in total. The largest absolute Gasteiger partial charge is 0.455 e. The fourth-order valence-corrected chi connectivity index (χ4v) is 1.35. The summed E-state index contributed by atoms with van der Waals surface area (Å²) >= 11 is 5.49. The molecule has 1 atom stereocenters. The van der Waals surface area contributed by atoms with Crippen LogP contribution in [0.4, 0.5) is 22.0 Å². The third-order valence-corrected chi connectivity index (χ3v) is 2.35. The molecule has 2 N–H and O–H groups in total. The molecule has 0 aromatic heterocycles. The van der Waals surface area contributed by atoms with Gasteiger partial charge in [-0.15, -0.1) is 0 Å². The van der Waals surface area contributed by atoms with Gasteiger partial charge >= 0.3 is 12.1 Å². The number of alkyl halides is 5. The van der Waals surface area contributed by atoms with E-state index < -0.39 is 23.7 Å². The van der Waals surface area contributed by atoms with E-state index in [4.69, 9.17) is 17.3 Å². The second-order valence-corrected chi connectivity index (χ2v) is 3.53. The lowest BCUT2D eigenvalue weighted by Gasteiger charge is -2.26. The molecule has 0 aliphatic heterocycles. The molecule has 0 heterocycles. The molecule has 0 saturated heterocycles. The first-order chi connectivity index (χ1) is 7.18. The Labute approximate surface area is 93.0 Å². The highest BCUT2D eigenvalue weighted by Gasteiger charge is 2.61. The van der Waals surface area contributed by atoms with Gasteiger partial charge in [0.15, 0.2) is 0 Å². The Morgan fingerprint density at radius 3 is 2.00 bits per heavy atom. The summed E-state index contributed by atoms with van der Waals surface area (Å²) in [5, 5.41) is -0.223. The van der Waals surface area contributed by atoms with Crippen LogP contribution in [-0.4, -0.2) is 12.1 Å². The zero-order valence-corrected chi connectivity index (χ0v) is 8.49. The topological polar surface area (TPSA) is 26.0 Å². The van der Waals surface area contributed by atoms with E-state index in [9.17, 15) is 22.0 Å². The molecule has 0 unspecified atom stereocenters. The highest BCUT2D eigenvalue weighted by atomic mass is 35.5. The molecular weight excluding hydrogens is 253 g/mol. The van der Waals surface area contributed by atoms with Crippen molar-refractivity contribution in [1.82, 2.24) is 0 Å². The molecule has 7 heteroatoms. The maximum Gasteiger partial charge on any atom is 0.455 e. The molecule has 90 valence electrons. The van der Waals surface area contributed by atoms with Gasteiger partial charge in [0.1, 0.15) is 6.04 Å². The van der Waals surface area contributed by atoms with Crippen LogP contribution in [0.15, 0.2) is 24.3 Å². The fraction of sp³-hybridized carbons (Fsp3) is 0.333. The van der Waals surface area contributed by atoms with E-state index >= 15 is 0 Å². The van der Waals surface area contributed by atoms with E-state index in [1.54, 1.807) is 0 Å². The van der Waals surface area contributed by atoms with Gasteiger partial charge in [-0.3, -0.25) is 0 Å². The summed E-state index contributed by atoms with van der Waals surface area (Å²) in [5.41, 5.74) is 4.47. The van der Waals surface area contributed by atoms with E-state index in [1.807, 2.05) is 0 Å². The minimum atomic E-state index is -5.70. The highest BCUT2D eigenvalue weighted by molar-refractivity contribution is 6.31. The zero-order valence-electron chi connectivity index (χ0n) is 7.73. The van der Waals surface area contributed by atoms with Gasteiger partial charge in [-0.2, -0.15) is 22.0 Å². The van der Waals surface area contributed by atoms with Crippen molar-refractivity contribution in [1.29, 1.82) is 0 Å². The number of hydrogen-bond acceptors (Lipinski definition) is 1. The molecule has 16 heavy (non-hydrogen) atoms. The molecule has 1 rings (SSSR count). The average Bonchev–Trinajstić information content (AvgIpc) is 2.15. The Bertz CT molecular complexity index is 376. The van der Waals surface area contributed by atoms with Crippen LogP contribution in [0.3, 0.4) is 0 Å². The zero-order chi connectivity index (χ0) is 12.6. The van der Waals surface area contributed by atoms with E-state index in [0.29, 0.717) is 0 Å². The van der Waals surface area contributed by atoms with Crippen molar-refractivity contribution in [2.45, 2.75) is 18.1 Å². The average molecular weight is 260 g/mol. The highest BCUT2D eigenvalue weighted by Crippen LogP contribution is 2.44. The predicted molar refractivity (Wildman–Crippen MR) is 49.4 cm³/mol. The fourth-order valence-electron chi connectivity index (χ4n) is 1.10. The molecule has 1 aromatic rings. The van der Waals surface area contributed by atoms with Crippen molar-refractivity contribution < 1.29 is 22.0 Å². The van der Waals surface area contributed by atoms with Gasteiger partial charge in [-0.1, -0.05) is 29.8 Å². The minimum absolute atomic E-state index is 0.223. The van der Waals surface area contributed by atoms with Gasteiger partial charge in [0.25, 0.3) is 0 Å². The summed E-state index contributed by atoms with van der Waals surface area (Å²) in [6.45, 7) is 0. The summed E-state index contributed by atoms with van der Waals surface area (Å²) in [4.78, 5) is 0. The summed E-state index contributed by atoms with van der Waals surface area (Å²) in [5.74, 6) is -5.02. The van der Waals surface area contributed by atoms with Gasteiger partial charge < -0.3 is 5.73 Å². The van der Waals surface area contributed by atoms with Gasteiger partial charge in [0.2, 0.25) is 0 Å². The lowest BCUT2D eigenvalue weighted by molar-refractivity contribution is -0.290. The van der Waals surface area contributed by atoms with Crippen LogP contribution in [0.2, 0.25) is 5.02 Å². The molecular formula is C9H7ClF5N. The molecule has 0 amide bonds. The van der Waals surface area contributed by atoms with Crippen LogP contribution in [0.1, 0.15) is 11.6 Å². The second-order valence-electron chi connectivity index (χ2n) is 3.12. The summed E-state index contributed by atoms with van der Waals surface area (Å²) in [7, 11) is 0. The van der Waals surface area contributed by atoms with Crippen LogP contribution in [-0.2, 0) is 0 Å². The van der Waals surface area contributed by atoms with Crippen LogP contribution >= 0.6 is 11.6 Å². The number of benzene rings is 1. The Hall–Kier alpha value is -0.880. The Morgan fingerprint density at radius 2 is 1.56 bits per heavy atom. The summed E-state index contributed by atoms with van der Waals surface area (Å²) in [6.07, 6.45) is -5.70. The summed E-state index contributed by atoms with van der Waals surface area (Å²) in [6, 6.07) is 2.41. The van der Waals surface area contributed by atoms with E-state index in [0.717, 1.165) is 6.07 Å². The molecule has 1 aromatic carbocycles. The maximum atomic E-state index is 12.9. The van der Waals surface area contributed by atoms with Crippen molar-refractivity contribution in [3.63, 3.8) is 0 Å². The lowest BCUT2D eigenvalue weighted by atomic mass is 10.0. The van der Waals surface area contributed by atoms with Gasteiger partial charge in [-0.05, 0) is 11.6 Å². The van der Waals surface area contributed by atoms with E-state index in [2.05, 4.69) is 0 Å². The quantitative estimate of drug-likeness (QED) is 0.808. The van der Waals surface area contributed by atoms with Crippen molar-refractivity contribution >= 4 is 11.6 Å². The number of nitrogens with two attached hydrogens (primary N) is 1. The van der Waals surface area contributed by atoms with Crippen LogP contribution in [0.25, 0.3) is 0 Å². The molecule has 0 bridgehead atoms. The first kappa shape index (κ1) is 13.2. The van der Waals surface area contributed by atoms with Crippen molar-refractivity contribution in [3.8, 4) is 0 Å². The third-order valence-electron chi connectivity index (χ3n) is 2.01. The lowest BCUT2D eigenvalue weighted by Crippen LogP contribution is -2.45. The number of hydrogen-bond donors (Lipinski definition) is 1. The van der Waals surface area contributed by atoms with Crippen LogP contribution < -0.4 is 5.73 Å². The first-order valence-corrected chi connectivity index (χ1v) is 4.50. The minimum Gasteiger partial charge on any atom is -0.319 e. The Kier molecular flexibility index (Phi) is 3.44. The predicted octanol–water partition coefficient (Wildman–Crippen LogP) is 3.54. The molecule has 0 aliphatic rings. The smallest absolute Gasteiger partial charge is 0.319 e.